The zero-order valence-electron chi connectivity index (χ0n) is 12.6. The Balaban J connectivity index is 1.97. The van der Waals surface area contributed by atoms with Gasteiger partial charge in [0.25, 0.3) is 0 Å². The van der Waals surface area contributed by atoms with Crippen LogP contribution in [0, 0.1) is 0 Å². The molecular formula is C18H22N2S. The zero-order valence-corrected chi connectivity index (χ0v) is 13.5. The van der Waals surface area contributed by atoms with Gasteiger partial charge in [0.15, 0.2) is 0 Å². The van der Waals surface area contributed by atoms with E-state index < -0.39 is 0 Å². The van der Waals surface area contributed by atoms with Crippen molar-refractivity contribution in [3.05, 3.63) is 35.5 Å². The van der Waals surface area contributed by atoms with Crippen molar-refractivity contribution < 1.29 is 0 Å². The van der Waals surface area contributed by atoms with Crippen molar-refractivity contribution in [2.75, 3.05) is 5.75 Å². The molecule has 1 aromatic heterocycles. The summed E-state index contributed by atoms with van der Waals surface area (Å²) in [6.07, 6.45) is 8.04. The van der Waals surface area contributed by atoms with Gasteiger partial charge in [-0.05, 0) is 31.1 Å². The van der Waals surface area contributed by atoms with Crippen LogP contribution in [0.4, 0.5) is 5.69 Å². The third kappa shape index (κ3) is 3.29. The number of fused-ring (bicyclic) bond motifs is 2. The second-order valence-corrected chi connectivity index (χ2v) is 6.62. The molecule has 1 aliphatic heterocycles. The van der Waals surface area contributed by atoms with Gasteiger partial charge < -0.3 is 0 Å². The number of pyridine rings is 1. The van der Waals surface area contributed by atoms with Crippen LogP contribution in [0.3, 0.4) is 0 Å². The SMILES string of the molecule is CCCCCC=Nc1c2c(nc3ccccc13)CCSC2. The van der Waals surface area contributed by atoms with Gasteiger partial charge in [0, 0.05) is 28.6 Å². The van der Waals surface area contributed by atoms with E-state index in [4.69, 9.17) is 9.98 Å². The highest BCUT2D eigenvalue weighted by Gasteiger charge is 2.17. The largest absolute Gasteiger partial charge is 0.260 e. The molecule has 2 aromatic rings. The van der Waals surface area contributed by atoms with Crippen molar-refractivity contribution >= 4 is 34.6 Å². The lowest BCUT2D eigenvalue weighted by atomic mass is 10.1. The summed E-state index contributed by atoms with van der Waals surface area (Å²) in [5.74, 6) is 2.23. The number of para-hydroxylation sites is 1. The van der Waals surface area contributed by atoms with Crippen LogP contribution in [0.2, 0.25) is 0 Å². The second kappa shape index (κ2) is 7.08. The number of benzene rings is 1. The molecule has 0 spiro atoms. The maximum absolute atomic E-state index is 4.85. The summed E-state index contributed by atoms with van der Waals surface area (Å²) in [6, 6.07) is 8.41. The number of aromatic nitrogens is 1. The Morgan fingerprint density at radius 2 is 2.19 bits per heavy atom. The maximum Gasteiger partial charge on any atom is 0.0778 e. The maximum atomic E-state index is 4.85. The molecule has 2 nitrogen and oxygen atoms in total. The molecule has 0 saturated heterocycles. The van der Waals surface area contributed by atoms with Gasteiger partial charge >= 0.3 is 0 Å². The molecule has 0 unspecified atom stereocenters. The predicted octanol–water partition coefficient (Wildman–Crippen LogP) is 5.31. The Labute approximate surface area is 131 Å². The van der Waals surface area contributed by atoms with Crippen LogP contribution in [0.25, 0.3) is 10.9 Å². The van der Waals surface area contributed by atoms with Crippen LogP contribution in [-0.2, 0) is 12.2 Å². The lowest BCUT2D eigenvalue weighted by molar-refractivity contribution is 0.746. The molecule has 3 rings (SSSR count). The summed E-state index contributed by atoms with van der Waals surface area (Å²) < 4.78 is 0. The van der Waals surface area contributed by atoms with Gasteiger partial charge in [0.2, 0.25) is 0 Å². The highest BCUT2D eigenvalue weighted by Crippen LogP contribution is 2.36. The van der Waals surface area contributed by atoms with Crippen LogP contribution in [-0.4, -0.2) is 17.0 Å². The summed E-state index contributed by atoms with van der Waals surface area (Å²) in [5.41, 5.74) is 4.87. The molecule has 1 aromatic carbocycles. The average Bonchev–Trinajstić information content (AvgIpc) is 2.53. The lowest BCUT2D eigenvalue weighted by Crippen LogP contribution is -2.06. The first-order chi connectivity index (χ1) is 10.4. The minimum atomic E-state index is 1.05. The van der Waals surface area contributed by atoms with Gasteiger partial charge in [-0.25, -0.2) is 0 Å². The monoisotopic (exact) mass is 298 g/mol. The minimum Gasteiger partial charge on any atom is -0.260 e. The first-order valence-corrected chi connectivity index (χ1v) is 9.06. The van der Waals surface area contributed by atoms with Crippen molar-refractivity contribution in [3.63, 3.8) is 0 Å². The molecule has 3 heteroatoms. The van der Waals surface area contributed by atoms with Crippen LogP contribution >= 0.6 is 11.8 Å². The molecule has 0 amide bonds. The summed E-state index contributed by atoms with van der Waals surface area (Å²) in [4.78, 5) is 9.69. The molecule has 0 fully saturated rings. The molecular weight excluding hydrogens is 276 g/mol. The van der Waals surface area contributed by atoms with E-state index in [0.29, 0.717) is 0 Å². The van der Waals surface area contributed by atoms with Crippen LogP contribution < -0.4 is 0 Å². The van der Waals surface area contributed by atoms with Gasteiger partial charge in [0.1, 0.15) is 0 Å². The first-order valence-electron chi connectivity index (χ1n) is 7.91. The van der Waals surface area contributed by atoms with Crippen molar-refractivity contribution in [3.8, 4) is 0 Å². The number of thioether (sulfide) groups is 1. The predicted molar refractivity (Wildman–Crippen MR) is 93.9 cm³/mol. The molecule has 21 heavy (non-hydrogen) atoms. The first kappa shape index (κ1) is 14.6. The molecule has 2 heterocycles. The minimum absolute atomic E-state index is 1.05. The number of aryl methyl sites for hydroxylation is 1. The van der Waals surface area contributed by atoms with E-state index in [-0.39, 0.29) is 0 Å². The number of hydrogen-bond donors (Lipinski definition) is 0. The van der Waals surface area contributed by atoms with E-state index in [1.807, 2.05) is 11.8 Å². The molecule has 0 saturated carbocycles. The third-order valence-corrected chi connectivity index (χ3v) is 4.92. The number of nitrogens with zero attached hydrogens (tertiary/aromatic N) is 2. The Morgan fingerprint density at radius 3 is 3.10 bits per heavy atom. The summed E-state index contributed by atoms with van der Waals surface area (Å²) in [7, 11) is 0. The average molecular weight is 298 g/mol. The van der Waals surface area contributed by atoms with E-state index >= 15 is 0 Å². The highest BCUT2D eigenvalue weighted by molar-refractivity contribution is 7.98. The van der Waals surface area contributed by atoms with E-state index in [0.717, 1.165) is 24.1 Å². The number of rotatable bonds is 5. The van der Waals surface area contributed by atoms with Crippen molar-refractivity contribution in [1.82, 2.24) is 4.98 Å². The Bertz CT molecular complexity index is 649. The summed E-state index contributed by atoms with van der Waals surface area (Å²) in [5, 5.41) is 1.20. The summed E-state index contributed by atoms with van der Waals surface area (Å²) >= 11 is 1.99. The smallest absolute Gasteiger partial charge is 0.0778 e. The van der Waals surface area contributed by atoms with Crippen molar-refractivity contribution in [2.45, 2.75) is 44.8 Å². The quantitative estimate of drug-likeness (QED) is 0.552. The van der Waals surface area contributed by atoms with Gasteiger partial charge in [-0.3, -0.25) is 9.98 Å². The fourth-order valence-corrected chi connectivity index (χ4v) is 3.76. The molecule has 1 aliphatic rings. The normalized spacial score (nSPS) is 14.7. The standard InChI is InChI=1S/C18H22N2S/c1-2-3-4-7-11-19-18-14-8-5-6-9-16(14)20-17-10-12-21-13-15(17)18/h5-6,8-9,11H,2-4,7,10,12-13H2,1H3. The zero-order chi connectivity index (χ0) is 14.5. The van der Waals surface area contributed by atoms with Gasteiger partial charge in [-0.1, -0.05) is 38.0 Å². The fourth-order valence-electron chi connectivity index (χ4n) is 2.77. The van der Waals surface area contributed by atoms with Crippen LogP contribution in [0.5, 0.6) is 0 Å². The molecule has 0 aliphatic carbocycles. The second-order valence-electron chi connectivity index (χ2n) is 5.51. The molecule has 0 radical (unpaired) electrons. The van der Waals surface area contributed by atoms with Crippen LogP contribution in [0.1, 0.15) is 43.9 Å². The number of unbranched alkanes of at least 4 members (excludes halogenated alkanes) is 3. The highest BCUT2D eigenvalue weighted by atomic mass is 32.2. The van der Waals surface area contributed by atoms with E-state index in [1.165, 1.54) is 47.3 Å². The summed E-state index contributed by atoms with van der Waals surface area (Å²) in [6.45, 7) is 2.24. The molecule has 110 valence electrons. The lowest BCUT2D eigenvalue weighted by Gasteiger charge is -2.18. The van der Waals surface area contributed by atoms with Gasteiger partial charge in [-0.2, -0.15) is 11.8 Å². The van der Waals surface area contributed by atoms with E-state index in [1.54, 1.807) is 0 Å². The molecule has 0 bridgehead atoms. The van der Waals surface area contributed by atoms with Gasteiger partial charge in [0.05, 0.1) is 11.2 Å². The molecule has 0 N–H and O–H groups in total. The Kier molecular flexibility index (Phi) is 4.91. The van der Waals surface area contributed by atoms with E-state index in [2.05, 4.69) is 37.4 Å². The number of aliphatic imine (C=N–C) groups is 1. The Morgan fingerprint density at radius 1 is 1.29 bits per heavy atom. The number of hydrogen-bond acceptors (Lipinski definition) is 3. The fraction of sp³-hybridized carbons (Fsp3) is 0.444. The van der Waals surface area contributed by atoms with Gasteiger partial charge in [-0.15, -0.1) is 0 Å². The van der Waals surface area contributed by atoms with Crippen LogP contribution in [0.15, 0.2) is 29.3 Å². The Hall–Kier alpha value is -1.35. The topological polar surface area (TPSA) is 25.2 Å². The third-order valence-electron chi connectivity index (χ3n) is 3.94. The van der Waals surface area contributed by atoms with Crippen molar-refractivity contribution in [2.24, 2.45) is 4.99 Å². The molecule has 0 atom stereocenters. The van der Waals surface area contributed by atoms with E-state index in [9.17, 15) is 0 Å². The van der Waals surface area contributed by atoms with Crippen molar-refractivity contribution in [1.29, 1.82) is 0 Å².